The number of rotatable bonds is 6. The maximum Gasteiger partial charge on any atom is 0.335 e. The number of ether oxygens (including phenoxy) is 2. The molecular weight excluding hydrogens is 503 g/mol. The lowest BCUT2D eigenvalue weighted by atomic mass is 9.85. The Labute approximate surface area is 211 Å². The summed E-state index contributed by atoms with van der Waals surface area (Å²) < 4.78 is 40.9. The molecule has 0 heterocycles. The molecule has 2 aromatic rings. The maximum atomic E-state index is 15.5. The van der Waals surface area contributed by atoms with Crippen molar-refractivity contribution in [2.75, 3.05) is 13.4 Å². The van der Waals surface area contributed by atoms with E-state index >= 15 is 8.78 Å². The molecule has 0 aromatic heterocycles. The van der Waals surface area contributed by atoms with Crippen LogP contribution in [0.1, 0.15) is 30.9 Å². The number of carbonyl (C=O) groups excluding carboxylic acids is 1. The van der Waals surface area contributed by atoms with Crippen molar-refractivity contribution in [3.05, 3.63) is 74.8 Å². The van der Waals surface area contributed by atoms with Gasteiger partial charge in [0, 0.05) is 16.0 Å². The Morgan fingerprint density at radius 3 is 2.47 bits per heavy atom. The summed E-state index contributed by atoms with van der Waals surface area (Å²) in [5.41, 5.74) is 0.00482. The predicted octanol–water partition coefficient (Wildman–Crippen LogP) is 7.58. The van der Waals surface area contributed by atoms with E-state index in [0.717, 1.165) is 10.5 Å². The molecule has 4 nitrogen and oxygen atoms in total. The van der Waals surface area contributed by atoms with Crippen molar-refractivity contribution in [2.24, 2.45) is 5.92 Å². The fourth-order valence-corrected chi connectivity index (χ4v) is 4.56. The molecule has 0 fully saturated rings. The molecule has 1 N–H and O–H groups in total. The van der Waals surface area contributed by atoms with Crippen LogP contribution in [0.3, 0.4) is 0 Å². The molecule has 9 heteroatoms. The zero-order valence-corrected chi connectivity index (χ0v) is 21.1. The molecule has 0 saturated carbocycles. The Morgan fingerprint density at radius 1 is 1.18 bits per heavy atom. The molecule has 1 aliphatic rings. The summed E-state index contributed by atoms with van der Waals surface area (Å²) in [5, 5.41) is 7.96. The van der Waals surface area contributed by atoms with Crippen LogP contribution in [-0.4, -0.2) is 25.0 Å². The Bertz CT molecular complexity index is 1180. The summed E-state index contributed by atoms with van der Waals surface area (Å²) >= 11 is 13.9. The van der Waals surface area contributed by atoms with Crippen molar-refractivity contribution in [2.45, 2.75) is 31.3 Å². The van der Waals surface area contributed by atoms with Gasteiger partial charge in [-0.3, -0.25) is 5.41 Å². The first-order valence-electron chi connectivity index (χ1n) is 10.4. The predicted molar refractivity (Wildman–Crippen MR) is 133 cm³/mol. The van der Waals surface area contributed by atoms with Gasteiger partial charge in [-0.2, -0.15) is 0 Å². The van der Waals surface area contributed by atoms with Gasteiger partial charge in [0.15, 0.2) is 17.4 Å². The Balaban J connectivity index is 1.91. The first kappa shape index (κ1) is 26.3. The van der Waals surface area contributed by atoms with Gasteiger partial charge >= 0.3 is 5.97 Å². The molecule has 0 bridgehead atoms. The molecule has 1 aliphatic carbocycles. The van der Waals surface area contributed by atoms with Crippen molar-refractivity contribution in [3.8, 4) is 5.75 Å². The lowest BCUT2D eigenvalue weighted by Crippen LogP contribution is -2.18. The van der Waals surface area contributed by atoms with Crippen LogP contribution in [0.15, 0.2) is 57.7 Å². The van der Waals surface area contributed by atoms with Crippen LogP contribution < -0.4 is 4.74 Å². The van der Waals surface area contributed by atoms with E-state index in [2.05, 4.69) is 0 Å². The van der Waals surface area contributed by atoms with E-state index in [1.165, 1.54) is 19.2 Å². The number of allylic oxidation sites excluding steroid dienone is 3. The number of benzene rings is 2. The molecule has 0 spiro atoms. The van der Waals surface area contributed by atoms with Gasteiger partial charge in [0.25, 0.3) is 0 Å². The maximum absolute atomic E-state index is 15.5. The van der Waals surface area contributed by atoms with Gasteiger partial charge in [0.2, 0.25) is 0 Å². The van der Waals surface area contributed by atoms with Crippen LogP contribution >= 0.6 is 35.0 Å². The van der Waals surface area contributed by atoms with Crippen molar-refractivity contribution in [1.29, 1.82) is 5.41 Å². The van der Waals surface area contributed by atoms with E-state index in [-0.39, 0.29) is 52.0 Å². The van der Waals surface area contributed by atoms with Gasteiger partial charge in [-0.15, -0.1) is 11.8 Å². The first-order valence-corrected chi connectivity index (χ1v) is 12.4. The quantitative estimate of drug-likeness (QED) is 0.312. The zero-order valence-electron chi connectivity index (χ0n) is 18.8. The molecule has 0 saturated heterocycles. The summed E-state index contributed by atoms with van der Waals surface area (Å²) in [6.45, 7) is 1.71. The molecule has 1 unspecified atom stereocenters. The van der Waals surface area contributed by atoms with Crippen LogP contribution in [0, 0.1) is 17.1 Å². The minimum absolute atomic E-state index is 0.0163. The van der Waals surface area contributed by atoms with E-state index in [9.17, 15) is 4.79 Å². The summed E-state index contributed by atoms with van der Waals surface area (Å²) in [4.78, 5) is 13.8. The number of esters is 1. The van der Waals surface area contributed by atoms with Crippen LogP contribution in [0.25, 0.3) is 5.57 Å². The van der Waals surface area contributed by atoms with Gasteiger partial charge < -0.3 is 9.47 Å². The highest BCUT2D eigenvalue weighted by Gasteiger charge is 2.31. The molecule has 0 amide bonds. The molecule has 0 radical (unpaired) electrons. The van der Waals surface area contributed by atoms with Crippen molar-refractivity contribution < 1.29 is 23.0 Å². The van der Waals surface area contributed by atoms with Gasteiger partial charge in [0.1, 0.15) is 12.3 Å². The monoisotopic (exact) mass is 525 g/mol. The summed E-state index contributed by atoms with van der Waals surface area (Å²) in [6.07, 6.45) is 2.38. The molecule has 180 valence electrons. The number of hydrogen-bond donors (Lipinski definition) is 1. The van der Waals surface area contributed by atoms with Crippen molar-refractivity contribution in [3.63, 3.8) is 0 Å². The highest BCUT2D eigenvalue weighted by atomic mass is 35.5. The fourth-order valence-electron chi connectivity index (χ4n) is 3.67. The Kier molecular flexibility index (Phi) is 8.79. The molecule has 0 aliphatic heterocycles. The lowest BCUT2D eigenvalue weighted by molar-refractivity contribution is -0.140. The second-order valence-corrected chi connectivity index (χ2v) is 9.37. The minimum Gasteiger partial charge on any atom is -0.492 e. The summed E-state index contributed by atoms with van der Waals surface area (Å²) in [6, 6.07) is 10.3. The lowest BCUT2D eigenvalue weighted by Gasteiger charge is -2.23. The number of thioether (sulfide) groups is 1. The minimum atomic E-state index is -1.02. The van der Waals surface area contributed by atoms with E-state index in [1.54, 1.807) is 18.7 Å². The van der Waals surface area contributed by atoms with Gasteiger partial charge in [-0.1, -0.05) is 42.3 Å². The number of carbonyl (C=O) groups is 1. The molecule has 3 rings (SSSR count). The van der Waals surface area contributed by atoms with Gasteiger partial charge in [0.05, 0.1) is 22.7 Å². The third-order valence-electron chi connectivity index (χ3n) is 5.58. The average Bonchev–Trinajstić information content (AvgIpc) is 2.83. The molecule has 2 aromatic carbocycles. The average molecular weight is 526 g/mol. The third kappa shape index (κ3) is 5.48. The number of halogens is 4. The fraction of sp³-hybridized carbons (Fsp3) is 0.280. The van der Waals surface area contributed by atoms with Crippen LogP contribution in [0.2, 0.25) is 5.02 Å². The second-order valence-electron chi connectivity index (χ2n) is 7.70. The standard InChI is InChI=1S/C25H23Cl2F2NO3S/c1-13-4-9-17(25(31)33-12-14-5-7-15(34-3)8-6-14)20(27)23(30)22(29)19(13)16-10-11-18(26)24(32-2)21(16)28/h5-8,10-11,13,30H,4,9,12H2,1-3H3. The van der Waals surface area contributed by atoms with Crippen LogP contribution in [-0.2, 0) is 16.1 Å². The van der Waals surface area contributed by atoms with E-state index in [4.69, 9.17) is 38.1 Å². The van der Waals surface area contributed by atoms with Gasteiger partial charge in [-0.05, 0) is 54.8 Å². The van der Waals surface area contributed by atoms with Gasteiger partial charge in [-0.25, -0.2) is 13.6 Å². The van der Waals surface area contributed by atoms with E-state index in [1.807, 2.05) is 30.5 Å². The van der Waals surface area contributed by atoms with E-state index in [0.29, 0.717) is 0 Å². The summed E-state index contributed by atoms with van der Waals surface area (Å²) in [5.74, 6) is -3.30. The zero-order chi connectivity index (χ0) is 25.0. The highest BCUT2D eigenvalue weighted by Crippen LogP contribution is 2.41. The van der Waals surface area contributed by atoms with Crippen LogP contribution in [0.4, 0.5) is 8.78 Å². The smallest absolute Gasteiger partial charge is 0.335 e. The highest BCUT2D eigenvalue weighted by molar-refractivity contribution is 7.98. The van der Waals surface area contributed by atoms with Crippen molar-refractivity contribution in [1.82, 2.24) is 0 Å². The molecular formula is C25H23Cl2F2NO3S. The Morgan fingerprint density at radius 2 is 1.85 bits per heavy atom. The third-order valence-corrected chi connectivity index (χ3v) is 7.04. The second kappa shape index (κ2) is 11.4. The molecule has 1 atom stereocenters. The number of nitrogens with one attached hydrogen (secondary N) is 1. The van der Waals surface area contributed by atoms with Crippen molar-refractivity contribution >= 4 is 52.2 Å². The number of methoxy groups -OCH3 is 1. The van der Waals surface area contributed by atoms with E-state index < -0.39 is 29.2 Å². The largest absolute Gasteiger partial charge is 0.492 e. The topological polar surface area (TPSA) is 59.4 Å². The Hall–Kier alpha value is -2.35. The SMILES string of the molecule is COc1c(Cl)ccc(C2=C(F)C(=N)C(Cl)=C(C(=O)OCc3ccc(SC)cc3)CCC2C)c1F. The number of hydrogen-bond acceptors (Lipinski definition) is 5. The normalized spacial score (nSPS) is 16.9. The first-order chi connectivity index (χ1) is 16.2. The molecule has 34 heavy (non-hydrogen) atoms. The van der Waals surface area contributed by atoms with Crippen LogP contribution in [0.5, 0.6) is 5.75 Å². The summed E-state index contributed by atoms with van der Waals surface area (Å²) in [7, 11) is 1.26.